The molecule has 0 saturated heterocycles. The van der Waals surface area contributed by atoms with Crippen molar-refractivity contribution in [2.75, 3.05) is 0 Å². The Kier molecular flexibility index (Phi) is 3.64. The van der Waals surface area contributed by atoms with Gasteiger partial charge in [-0.2, -0.15) is 0 Å². The van der Waals surface area contributed by atoms with Gasteiger partial charge in [0.1, 0.15) is 18.2 Å². The van der Waals surface area contributed by atoms with E-state index in [9.17, 15) is 4.39 Å². The average Bonchev–Trinajstić information content (AvgIpc) is 2.32. The Morgan fingerprint density at radius 3 is 2.71 bits per heavy atom. The van der Waals surface area contributed by atoms with Crippen LogP contribution in [0.25, 0.3) is 0 Å². The Bertz CT molecular complexity index is 525. The maximum absolute atomic E-state index is 13.0. The lowest BCUT2D eigenvalue weighted by Gasteiger charge is -2.09. The number of aryl methyl sites for hydroxylation is 1. The van der Waals surface area contributed by atoms with Gasteiger partial charge in [0.05, 0.1) is 0 Å². The molecule has 2 aromatic carbocycles. The SMILES string of the molecule is Cc1ccccc1OCc1cc(F)ccc1Cl. The fourth-order valence-electron chi connectivity index (χ4n) is 1.53. The van der Waals surface area contributed by atoms with Crippen molar-refractivity contribution in [3.05, 3.63) is 64.4 Å². The summed E-state index contributed by atoms with van der Waals surface area (Å²) in [6.07, 6.45) is 0. The third-order valence-corrected chi connectivity index (χ3v) is 2.85. The maximum atomic E-state index is 13.0. The molecule has 0 saturated carbocycles. The molecule has 0 fully saturated rings. The summed E-state index contributed by atoms with van der Waals surface area (Å²) >= 11 is 5.96. The van der Waals surface area contributed by atoms with Gasteiger partial charge in [-0.25, -0.2) is 4.39 Å². The second kappa shape index (κ2) is 5.19. The summed E-state index contributed by atoms with van der Waals surface area (Å²) in [5, 5.41) is 0.514. The second-order valence-electron chi connectivity index (χ2n) is 3.79. The van der Waals surface area contributed by atoms with Crippen LogP contribution in [0.15, 0.2) is 42.5 Å². The average molecular weight is 251 g/mol. The van der Waals surface area contributed by atoms with Crippen LogP contribution >= 0.6 is 11.6 Å². The summed E-state index contributed by atoms with van der Waals surface area (Å²) in [5.41, 5.74) is 1.69. The zero-order valence-corrected chi connectivity index (χ0v) is 10.2. The van der Waals surface area contributed by atoms with E-state index >= 15 is 0 Å². The molecule has 0 atom stereocenters. The van der Waals surface area contributed by atoms with Crippen LogP contribution in [-0.4, -0.2) is 0 Å². The van der Waals surface area contributed by atoms with E-state index in [1.807, 2.05) is 31.2 Å². The molecule has 2 rings (SSSR count). The predicted molar refractivity (Wildman–Crippen MR) is 66.9 cm³/mol. The first-order valence-electron chi connectivity index (χ1n) is 5.29. The quantitative estimate of drug-likeness (QED) is 0.786. The van der Waals surface area contributed by atoms with E-state index in [2.05, 4.69) is 0 Å². The highest BCUT2D eigenvalue weighted by Gasteiger charge is 2.04. The lowest BCUT2D eigenvalue weighted by atomic mass is 10.2. The van der Waals surface area contributed by atoms with E-state index in [1.54, 1.807) is 0 Å². The standard InChI is InChI=1S/C14H12ClFO/c1-10-4-2-3-5-14(10)17-9-11-8-12(16)6-7-13(11)15/h2-8H,9H2,1H3. The fourth-order valence-corrected chi connectivity index (χ4v) is 1.70. The third kappa shape index (κ3) is 2.98. The maximum Gasteiger partial charge on any atom is 0.123 e. The molecule has 2 aromatic rings. The number of halogens is 2. The predicted octanol–water partition coefficient (Wildman–Crippen LogP) is 4.37. The highest BCUT2D eigenvalue weighted by molar-refractivity contribution is 6.31. The minimum atomic E-state index is -0.308. The molecule has 0 radical (unpaired) electrons. The number of rotatable bonds is 3. The zero-order chi connectivity index (χ0) is 12.3. The molecular weight excluding hydrogens is 239 g/mol. The molecule has 0 N–H and O–H groups in total. The first-order valence-corrected chi connectivity index (χ1v) is 5.67. The van der Waals surface area contributed by atoms with Gasteiger partial charge in [-0.3, -0.25) is 0 Å². The minimum absolute atomic E-state index is 0.265. The molecule has 0 aromatic heterocycles. The number of hydrogen-bond donors (Lipinski definition) is 0. The molecule has 1 nitrogen and oxygen atoms in total. The normalized spacial score (nSPS) is 10.3. The van der Waals surface area contributed by atoms with Crippen LogP contribution in [0, 0.1) is 12.7 Å². The van der Waals surface area contributed by atoms with Gasteiger partial charge in [0.2, 0.25) is 0 Å². The van der Waals surface area contributed by atoms with Crippen LogP contribution in [0.2, 0.25) is 5.02 Å². The Labute approximate surface area is 105 Å². The van der Waals surface area contributed by atoms with Gasteiger partial charge >= 0.3 is 0 Å². The lowest BCUT2D eigenvalue weighted by molar-refractivity contribution is 0.303. The molecule has 0 spiro atoms. The monoisotopic (exact) mass is 250 g/mol. The van der Waals surface area contributed by atoms with Crippen molar-refractivity contribution in [2.45, 2.75) is 13.5 Å². The summed E-state index contributed by atoms with van der Waals surface area (Å²) in [7, 11) is 0. The molecule has 17 heavy (non-hydrogen) atoms. The van der Waals surface area contributed by atoms with Crippen LogP contribution in [0.5, 0.6) is 5.75 Å². The number of para-hydroxylation sites is 1. The fraction of sp³-hybridized carbons (Fsp3) is 0.143. The van der Waals surface area contributed by atoms with Crippen LogP contribution in [0.1, 0.15) is 11.1 Å². The first kappa shape index (κ1) is 11.9. The van der Waals surface area contributed by atoms with Gasteiger partial charge in [-0.15, -0.1) is 0 Å². The van der Waals surface area contributed by atoms with Crippen LogP contribution in [0.4, 0.5) is 4.39 Å². The number of hydrogen-bond acceptors (Lipinski definition) is 1. The Morgan fingerprint density at radius 2 is 1.94 bits per heavy atom. The Morgan fingerprint density at radius 1 is 1.18 bits per heavy atom. The molecule has 3 heteroatoms. The highest BCUT2D eigenvalue weighted by atomic mass is 35.5. The van der Waals surface area contributed by atoms with E-state index in [1.165, 1.54) is 18.2 Å². The van der Waals surface area contributed by atoms with E-state index in [4.69, 9.17) is 16.3 Å². The number of ether oxygens (including phenoxy) is 1. The molecule has 0 bridgehead atoms. The van der Waals surface area contributed by atoms with E-state index in [0.717, 1.165) is 11.3 Å². The van der Waals surface area contributed by atoms with Crippen molar-refractivity contribution in [3.63, 3.8) is 0 Å². The summed E-state index contributed by atoms with van der Waals surface area (Å²) in [5.74, 6) is 0.477. The second-order valence-corrected chi connectivity index (χ2v) is 4.20. The molecule has 0 amide bonds. The number of benzene rings is 2. The van der Waals surface area contributed by atoms with Gasteiger partial charge < -0.3 is 4.74 Å². The molecule has 0 aliphatic carbocycles. The summed E-state index contributed by atoms with van der Waals surface area (Å²) in [6, 6.07) is 11.9. The van der Waals surface area contributed by atoms with Gasteiger partial charge in [0, 0.05) is 10.6 Å². The first-order chi connectivity index (χ1) is 8.16. The Hall–Kier alpha value is -1.54. The van der Waals surface area contributed by atoms with Crippen molar-refractivity contribution in [1.82, 2.24) is 0 Å². The lowest BCUT2D eigenvalue weighted by Crippen LogP contribution is -1.98. The van der Waals surface area contributed by atoms with Crippen molar-refractivity contribution in [1.29, 1.82) is 0 Å². The molecule has 0 aliphatic rings. The summed E-state index contributed by atoms with van der Waals surface area (Å²) < 4.78 is 18.6. The van der Waals surface area contributed by atoms with Crippen molar-refractivity contribution >= 4 is 11.6 Å². The molecule has 0 unspecified atom stereocenters. The van der Waals surface area contributed by atoms with Crippen molar-refractivity contribution in [3.8, 4) is 5.75 Å². The van der Waals surface area contributed by atoms with Crippen LogP contribution < -0.4 is 4.74 Å². The van der Waals surface area contributed by atoms with Crippen LogP contribution in [0.3, 0.4) is 0 Å². The van der Waals surface area contributed by atoms with Crippen LogP contribution in [-0.2, 0) is 6.61 Å². The van der Waals surface area contributed by atoms with Gasteiger partial charge in [-0.05, 0) is 36.8 Å². The smallest absolute Gasteiger partial charge is 0.123 e. The largest absolute Gasteiger partial charge is 0.489 e. The van der Waals surface area contributed by atoms with E-state index < -0.39 is 0 Å². The zero-order valence-electron chi connectivity index (χ0n) is 9.41. The minimum Gasteiger partial charge on any atom is -0.489 e. The van der Waals surface area contributed by atoms with Gasteiger partial charge in [0.15, 0.2) is 0 Å². The molecule has 0 aliphatic heterocycles. The molecular formula is C14H12ClFO. The Balaban J connectivity index is 2.12. The molecule has 0 heterocycles. The highest BCUT2D eigenvalue weighted by Crippen LogP contribution is 2.21. The topological polar surface area (TPSA) is 9.23 Å². The van der Waals surface area contributed by atoms with Crippen molar-refractivity contribution < 1.29 is 9.13 Å². The van der Waals surface area contributed by atoms with E-state index in [-0.39, 0.29) is 12.4 Å². The summed E-state index contributed by atoms with van der Waals surface area (Å²) in [6.45, 7) is 2.23. The van der Waals surface area contributed by atoms with Gasteiger partial charge in [-0.1, -0.05) is 29.8 Å². The van der Waals surface area contributed by atoms with Crippen molar-refractivity contribution in [2.24, 2.45) is 0 Å². The van der Waals surface area contributed by atoms with E-state index in [0.29, 0.717) is 10.6 Å². The van der Waals surface area contributed by atoms with Gasteiger partial charge in [0.25, 0.3) is 0 Å². The third-order valence-electron chi connectivity index (χ3n) is 2.48. The summed E-state index contributed by atoms with van der Waals surface area (Å²) in [4.78, 5) is 0. The molecule has 88 valence electrons.